The fraction of sp³-hybridized carbons (Fsp3) is 0.300. The smallest absolute Gasteiger partial charge is 0.418 e. The number of likely N-dealkylation sites (N-methyl/N-ethyl adjacent to an activating group) is 1. The molecule has 2 rings (SSSR count). The molecule has 0 aliphatic heterocycles. The van der Waals surface area contributed by atoms with Gasteiger partial charge in [-0.3, -0.25) is 14.4 Å². The summed E-state index contributed by atoms with van der Waals surface area (Å²) in [5.74, 6) is -1.31. The second kappa shape index (κ2) is 10.2. The van der Waals surface area contributed by atoms with Gasteiger partial charge in [0.1, 0.15) is 11.6 Å². The maximum atomic E-state index is 13.0. The number of benzene rings is 1. The van der Waals surface area contributed by atoms with E-state index in [2.05, 4.69) is 5.10 Å². The predicted molar refractivity (Wildman–Crippen MR) is 113 cm³/mol. The van der Waals surface area contributed by atoms with Gasteiger partial charge in [0.2, 0.25) is 0 Å². The van der Waals surface area contributed by atoms with E-state index in [9.17, 15) is 27.6 Å². The van der Waals surface area contributed by atoms with Crippen LogP contribution in [0, 0.1) is 6.92 Å². The van der Waals surface area contributed by atoms with Gasteiger partial charge in [0.15, 0.2) is 0 Å². The number of hydrogen-bond acceptors (Lipinski definition) is 5. The largest absolute Gasteiger partial charge is 0.465 e. The number of alkyl halides is 3. The first-order chi connectivity index (χ1) is 14.9. The molecule has 1 amide bonds. The van der Waals surface area contributed by atoms with Gasteiger partial charge in [-0.2, -0.15) is 23.0 Å². The Morgan fingerprint density at radius 2 is 1.97 bits per heavy atom. The van der Waals surface area contributed by atoms with Crippen molar-refractivity contribution < 1.29 is 27.5 Å². The van der Waals surface area contributed by atoms with Crippen molar-refractivity contribution in [3.63, 3.8) is 0 Å². The molecule has 1 aromatic carbocycles. The molecule has 1 heterocycles. The standard InChI is InChI=1S/C20H18Cl2F3N3O4/c1-4-32-17(29)10-27(3)19(31)16(22)8-12-7-13(5-6-15(12)21)28-18(30)11(2)14(9-26-28)20(23,24)25/h5-9H,4,10H2,1-3H3. The molecule has 0 atom stereocenters. The fourth-order valence-electron chi connectivity index (χ4n) is 2.63. The average Bonchev–Trinajstić information content (AvgIpc) is 2.70. The number of rotatable bonds is 6. The van der Waals surface area contributed by atoms with Crippen LogP contribution in [0.15, 0.2) is 34.2 Å². The minimum absolute atomic E-state index is 0.110. The van der Waals surface area contributed by atoms with E-state index >= 15 is 0 Å². The van der Waals surface area contributed by atoms with Crippen LogP contribution in [0.5, 0.6) is 0 Å². The van der Waals surface area contributed by atoms with Crippen molar-refractivity contribution in [3.8, 4) is 5.69 Å². The van der Waals surface area contributed by atoms with E-state index in [1.54, 1.807) is 6.92 Å². The number of aromatic nitrogens is 2. The van der Waals surface area contributed by atoms with E-state index in [1.165, 1.54) is 31.3 Å². The molecule has 0 bridgehead atoms. The molecule has 0 spiro atoms. The van der Waals surface area contributed by atoms with E-state index in [1.807, 2.05) is 0 Å². The third-order valence-electron chi connectivity index (χ3n) is 4.25. The molecule has 2 aromatic rings. The molecule has 0 saturated heterocycles. The minimum atomic E-state index is -4.72. The van der Waals surface area contributed by atoms with Crippen LogP contribution in [0.25, 0.3) is 11.8 Å². The summed E-state index contributed by atoms with van der Waals surface area (Å²) in [5, 5.41) is 3.47. The molecule has 0 saturated carbocycles. The average molecular weight is 492 g/mol. The Kier molecular flexibility index (Phi) is 8.08. The van der Waals surface area contributed by atoms with E-state index in [0.717, 1.165) is 16.5 Å². The number of ether oxygens (including phenoxy) is 1. The van der Waals surface area contributed by atoms with Crippen LogP contribution in [-0.2, 0) is 20.5 Å². The van der Waals surface area contributed by atoms with E-state index in [0.29, 0.717) is 6.20 Å². The molecule has 0 fully saturated rings. The number of halogens is 5. The topological polar surface area (TPSA) is 81.5 Å². The van der Waals surface area contributed by atoms with Crippen LogP contribution in [0.3, 0.4) is 0 Å². The second-order valence-corrected chi connectivity index (χ2v) is 7.38. The third-order valence-corrected chi connectivity index (χ3v) is 4.87. The van der Waals surface area contributed by atoms with Crippen LogP contribution >= 0.6 is 23.2 Å². The molecule has 32 heavy (non-hydrogen) atoms. The molecule has 0 radical (unpaired) electrons. The Balaban J connectivity index is 2.40. The van der Waals surface area contributed by atoms with Crippen molar-refractivity contribution in [1.29, 1.82) is 0 Å². The molecular weight excluding hydrogens is 474 g/mol. The molecule has 0 N–H and O–H groups in total. The number of esters is 1. The van der Waals surface area contributed by atoms with Crippen LogP contribution < -0.4 is 5.56 Å². The quantitative estimate of drug-likeness (QED) is 0.453. The lowest BCUT2D eigenvalue weighted by atomic mass is 10.1. The Morgan fingerprint density at radius 3 is 2.56 bits per heavy atom. The molecule has 12 heteroatoms. The highest BCUT2D eigenvalue weighted by Gasteiger charge is 2.34. The lowest BCUT2D eigenvalue weighted by Crippen LogP contribution is -2.33. The summed E-state index contributed by atoms with van der Waals surface area (Å²) < 4.78 is 44.5. The normalized spacial score (nSPS) is 11.9. The summed E-state index contributed by atoms with van der Waals surface area (Å²) in [7, 11) is 1.35. The lowest BCUT2D eigenvalue weighted by molar-refractivity contribution is -0.147. The first-order valence-electron chi connectivity index (χ1n) is 9.11. The molecule has 0 aliphatic rings. The van der Waals surface area contributed by atoms with Gasteiger partial charge in [0, 0.05) is 17.6 Å². The third kappa shape index (κ3) is 5.89. The minimum Gasteiger partial charge on any atom is -0.465 e. The van der Waals surface area contributed by atoms with Gasteiger partial charge >= 0.3 is 12.1 Å². The fourth-order valence-corrected chi connectivity index (χ4v) is 3.07. The number of carbonyl (C=O) groups is 2. The Labute approximate surface area is 191 Å². The zero-order chi connectivity index (χ0) is 24.2. The summed E-state index contributed by atoms with van der Waals surface area (Å²) in [5.41, 5.74) is -2.30. The molecule has 7 nitrogen and oxygen atoms in total. The second-order valence-electron chi connectivity index (χ2n) is 6.56. The summed E-state index contributed by atoms with van der Waals surface area (Å²) in [6, 6.07) is 4.09. The van der Waals surface area contributed by atoms with Crippen LogP contribution in [-0.4, -0.2) is 46.8 Å². The van der Waals surface area contributed by atoms with Gasteiger partial charge in [-0.15, -0.1) is 0 Å². The van der Waals surface area contributed by atoms with E-state index < -0.39 is 34.7 Å². The Morgan fingerprint density at radius 1 is 1.31 bits per heavy atom. The molecule has 0 aliphatic carbocycles. The highest BCUT2D eigenvalue weighted by atomic mass is 35.5. The Bertz CT molecular complexity index is 1130. The molecule has 0 unspecified atom stereocenters. The van der Waals surface area contributed by atoms with E-state index in [4.69, 9.17) is 27.9 Å². The lowest BCUT2D eigenvalue weighted by Gasteiger charge is -2.15. The van der Waals surface area contributed by atoms with Crippen molar-refractivity contribution in [2.45, 2.75) is 20.0 Å². The van der Waals surface area contributed by atoms with Gasteiger partial charge in [0.25, 0.3) is 11.5 Å². The number of nitrogens with zero attached hydrogens (tertiary/aromatic N) is 3. The summed E-state index contributed by atoms with van der Waals surface area (Å²) >= 11 is 12.2. The van der Waals surface area contributed by atoms with Gasteiger partial charge in [0.05, 0.1) is 24.1 Å². The van der Waals surface area contributed by atoms with Crippen LogP contribution in [0.4, 0.5) is 13.2 Å². The summed E-state index contributed by atoms with van der Waals surface area (Å²) in [4.78, 5) is 37.4. The zero-order valence-electron chi connectivity index (χ0n) is 17.2. The van der Waals surface area contributed by atoms with E-state index in [-0.39, 0.29) is 34.5 Å². The maximum absolute atomic E-state index is 13.0. The van der Waals surface area contributed by atoms with Crippen molar-refractivity contribution in [2.24, 2.45) is 0 Å². The molecule has 172 valence electrons. The molecular formula is C20H18Cl2F3N3O4. The zero-order valence-corrected chi connectivity index (χ0v) is 18.7. The predicted octanol–water partition coefficient (Wildman–Crippen LogP) is 3.81. The first-order valence-corrected chi connectivity index (χ1v) is 9.86. The monoisotopic (exact) mass is 491 g/mol. The number of amides is 1. The van der Waals surface area contributed by atoms with Gasteiger partial charge in [-0.25, -0.2) is 0 Å². The van der Waals surface area contributed by atoms with Gasteiger partial charge in [-0.1, -0.05) is 23.2 Å². The first kappa shape index (κ1) is 25.4. The van der Waals surface area contributed by atoms with Crippen LogP contribution in [0.1, 0.15) is 23.6 Å². The van der Waals surface area contributed by atoms with Crippen molar-refractivity contribution in [2.75, 3.05) is 20.2 Å². The number of carbonyl (C=O) groups excluding carboxylic acids is 2. The Hall–Kier alpha value is -2.85. The summed E-state index contributed by atoms with van der Waals surface area (Å²) in [6.45, 7) is 2.51. The van der Waals surface area contributed by atoms with Gasteiger partial charge in [-0.05, 0) is 43.7 Å². The summed E-state index contributed by atoms with van der Waals surface area (Å²) in [6.07, 6.45) is -2.95. The highest BCUT2D eigenvalue weighted by Crippen LogP contribution is 2.30. The van der Waals surface area contributed by atoms with Crippen molar-refractivity contribution >= 4 is 41.2 Å². The number of hydrogen-bond donors (Lipinski definition) is 0. The SMILES string of the molecule is CCOC(=O)CN(C)C(=O)C(Cl)=Cc1cc(-n2ncc(C(F)(F)F)c(C)c2=O)ccc1Cl. The van der Waals surface area contributed by atoms with Crippen molar-refractivity contribution in [1.82, 2.24) is 14.7 Å². The molecule has 1 aromatic heterocycles. The van der Waals surface area contributed by atoms with Crippen molar-refractivity contribution in [3.05, 3.63) is 61.5 Å². The van der Waals surface area contributed by atoms with Crippen LogP contribution in [0.2, 0.25) is 5.02 Å². The van der Waals surface area contributed by atoms with Gasteiger partial charge < -0.3 is 9.64 Å². The highest BCUT2D eigenvalue weighted by molar-refractivity contribution is 6.44. The maximum Gasteiger partial charge on any atom is 0.418 e.